The predicted molar refractivity (Wildman–Crippen MR) is 66.6 cm³/mol. The van der Waals surface area contributed by atoms with Gasteiger partial charge in [0.1, 0.15) is 5.75 Å². The first-order chi connectivity index (χ1) is 8.20. The molecule has 0 aromatic heterocycles. The molecule has 1 aliphatic rings. The summed E-state index contributed by atoms with van der Waals surface area (Å²) in [5.74, 6) is 0.857. The van der Waals surface area contributed by atoms with Gasteiger partial charge in [0.15, 0.2) is 5.78 Å². The summed E-state index contributed by atoms with van der Waals surface area (Å²) in [6, 6.07) is 7.20. The van der Waals surface area contributed by atoms with Gasteiger partial charge in [0, 0.05) is 25.2 Å². The Morgan fingerprint density at radius 3 is 3.06 bits per heavy atom. The maximum atomic E-state index is 12.3. The van der Waals surface area contributed by atoms with Gasteiger partial charge in [-0.05, 0) is 19.2 Å². The Morgan fingerprint density at radius 2 is 2.35 bits per heavy atom. The van der Waals surface area contributed by atoms with Crippen molar-refractivity contribution >= 4 is 5.78 Å². The Morgan fingerprint density at radius 1 is 1.53 bits per heavy atom. The van der Waals surface area contributed by atoms with Crippen molar-refractivity contribution in [1.82, 2.24) is 10.2 Å². The number of piperazine rings is 1. The van der Waals surface area contributed by atoms with Gasteiger partial charge in [-0.15, -0.1) is 0 Å². The molecule has 0 saturated carbocycles. The highest BCUT2D eigenvalue weighted by molar-refractivity contribution is 6.00. The van der Waals surface area contributed by atoms with Crippen LogP contribution in [0.15, 0.2) is 24.3 Å². The van der Waals surface area contributed by atoms with Gasteiger partial charge >= 0.3 is 0 Å². The van der Waals surface area contributed by atoms with Gasteiger partial charge in [-0.1, -0.05) is 12.1 Å². The first-order valence-corrected chi connectivity index (χ1v) is 5.81. The highest BCUT2D eigenvalue weighted by Crippen LogP contribution is 2.15. The quantitative estimate of drug-likeness (QED) is 0.785. The fraction of sp³-hybridized carbons (Fsp3) is 0.462. The van der Waals surface area contributed by atoms with Gasteiger partial charge in [0.25, 0.3) is 0 Å². The smallest absolute Gasteiger partial charge is 0.181 e. The van der Waals surface area contributed by atoms with Crippen molar-refractivity contribution in [1.29, 1.82) is 0 Å². The zero-order chi connectivity index (χ0) is 12.3. The van der Waals surface area contributed by atoms with Crippen molar-refractivity contribution in [3.8, 4) is 5.75 Å². The SMILES string of the molecule is COc1cccc(C(=O)C2CN(C)CCN2)c1. The molecule has 1 unspecified atom stereocenters. The van der Waals surface area contributed by atoms with Crippen LogP contribution in [0.2, 0.25) is 0 Å². The van der Waals surface area contributed by atoms with Gasteiger partial charge in [-0.2, -0.15) is 0 Å². The van der Waals surface area contributed by atoms with Gasteiger partial charge in [0.2, 0.25) is 0 Å². The van der Waals surface area contributed by atoms with Crippen LogP contribution in [0, 0.1) is 0 Å². The van der Waals surface area contributed by atoms with Crippen LogP contribution in [0.25, 0.3) is 0 Å². The third-order valence-electron chi connectivity index (χ3n) is 3.05. The Balaban J connectivity index is 2.12. The van der Waals surface area contributed by atoms with Crippen molar-refractivity contribution in [2.75, 3.05) is 33.8 Å². The van der Waals surface area contributed by atoms with Crippen molar-refractivity contribution in [3.05, 3.63) is 29.8 Å². The highest BCUT2D eigenvalue weighted by atomic mass is 16.5. The second-order valence-corrected chi connectivity index (χ2v) is 4.37. The molecule has 1 saturated heterocycles. The molecule has 92 valence electrons. The Hall–Kier alpha value is -1.39. The van der Waals surface area contributed by atoms with Crippen LogP contribution in [0.5, 0.6) is 5.75 Å². The lowest BCUT2D eigenvalue weighted by Crippen LogP contribution is -2.52. The Kier molecular flexibility index (Phi) is 3.76. The fourth-order valence-corrected chi connectivity index (χ4v) is 2.05. The molecule has 0 amide bonds. The largest absolute Gasteiger partial charge is 0.497 e. The number of benzene rings is 1. The summed E-state index contributed by atoms with van der Waals surface area (Å²) in [7, 11) is 3.64. The van der Waals surface area contributed by atoms with Gasteiger partial charge in [-0.3, -0.25) is 4.79 Å². The minimum atomic E-state index is -0.110. The molecule has 1 aliphatic heterocycles. The third kappa shape index (κ3) is 2.84. The number of likely N-dealkylation sites (N-methyl/N-ethyl adjacent to an activating group) is 1. The molecule has 1 atom stereocenters. The number of methoxy groups -OCH3 is 1. The number of hydrogen-bond acceptors (Lipinski definition) is 4. The van der Waals surface area contributed by atoms with Crippen LogP contribution in [-0.4, -0.2) is 50.5 Å². The zero-order valence-electron chi connectivity index (χ0n) is 10.3. The Labute approximate surface area is 102 Å². The summed E-state index contributed by atoms with van der Waals surface area (Å²) in [6.45, 7) is 2.61. The van der Waals surface area contributed by atoms with E-state index in [4.69, 9.17) is 4.74 Å². The molecule has 4 heteroatoms. The average molecular weight is 234 g/mol. The maximum Gasteiger partial charge on any atom is 0.181 e. The van der Waals surface area contributed by atoms with E-state index < -0.39 is 0 Å². The molecular weight excluding hydrogens is 216 g/mol. The molecule has 0 spiro atoms. The van der Waals surface area contributed by atoms with E-state index in [1.807, 2.05) is 25.2 Å². The Bertz CT molecular complexity index is 406. The van der Waals surface area contributed by atoms with E-state index in [0.29, 0.717) is 5.56 Å². The molecule has 0 bridgehead atoms. The third-order valence-corrected chi connectivity index (χ3v) is 3.05. The number of rotatable bonds is 3. The number of carbonyl (C=O) groups excluding carboxylic acids is 1. The molecule has 17 heavy (non-hydrogen) atoms. The first kappa shape index (κ1) is 12.1. The second-order valence-electron chi connectivity index (χ2n) is 4.37. The van der Waals surface area contributed by atoms with Gasteiger partial charge in [-0.25, -0.2) is 0 Å². The monoisotopic (exact) mass is 234 g/mol. The molecular formula is C13H18N2O2. The minimum absolute atomic E-state index is 0.110. The first-order valence-electron chi connectivity index (χ1n) is 5.81. The van der Waals surface area contributed by atoms with Crippen molar-refractivity contribution < 1.29 is 9.53 Å². The molecule has 1 aromatic carbocycles. The summed E-state index contributed by atoms with van der Waals surface area (Å²) < 4.78 is 5.13. The topological polar surface area (TPSA) is 41.6 Å². The lowest BCUT2D eigenvalue weighted by atomic mass is 10.0. The summed E-state index contributed by atoms with van der Waals surface area (Å²) in [5, 5.41) is 3.25. The van der Waals surface area contributed by atoms with Crippen LogP contribution in [-0.2, 0) is 0 Å². The molecule has 1 N–H and O–H groups in total. The number of ether oxygens (including phenoxy) is 1. The lowest BCUT2D eigenvalue weighted by molar-refractivity contribution is 0.0894. The maximum absolute atomic E-state index is 12.3. The second kappa shape index (κ2) is 5.29. The van der Waals surface area contributed by atoms with Crippen LogP contribution in [0.4, 0.5) is 0 Å². The number of ketones is 1. The number of carbonyl (C=O) groups is 1. The summed E-state index contributed by atoms with van der Waals surface area (Å²) in [5.41, 5.74) is 0.706. The molecule has 1 aromatic rings. The van der Waals surface area contributed by atoms with Crippen LogP contribution in [0.3, 0.4) is 0 Å². The molecule has 0 radical (unpaired) electrons. The van der Waals surface area contributed by atoms with E-state index in [0.717, 1.165) is 25.4 Å². The van der Waals surface area contributed by atoms with Crippen LogP contribution in [0.1, 0.15) is 10.4 Å². The van der Waals surface area contributed by atoms with E-state index in [1.165, 1.54) is 0 Å². The standard InChI is InChI=1S/C13H18N2O2/c1-15-7-6-14-12(9-15)13(16)10-4-3-5-11(8-10)17-2/h3-5,8,12,14H,6-7,9H2,1-2H3. The van der Waals surface area contributed by atoms with E-state index >= 15 is 0 Å². The zero-order valence-corrected chi connectivity index (χ0v) is 10.3. The number of hydrogen-bond donors (Lipinski definition) is 1. The van der Waals surface area contributed by atoms with Gasteiger partial charge < -0.3 is 15.0 Å². The van der Waals surface area contributed by atoms with Crippen molar-refractivity contribution in [3.63, 3.8) is 0 Å². The predicted octanol–water partition coefficient (Wildman–Crippen LogP) is 0.781. The summed E-state index contributed by atoms with van der Waals surface area (Å²) in [6.07, 6.45) is 0. The molecule has 4 nitrogen and oxygen atoms in total. The van der Waals surface area contributed by atoms with Crippen LogP contribution < -0.4 is 10.1 Å². The minimum Gasteiger partial charge on any atom is -0.497 e. The average Bonchev–Trinajstić information content (AvgIpc) is 2.38. The van der Waals surface area contributed by atoms with Gasteiger partial charge in [0.05, 0.1) is 13.2 Å². The molecule has 2 rings (SSSR count). The normalized spacial score (nSPS) is 21.2. The summed E-state index contributed by atoms with van der Waals surface area (Å²) in [4.78, 5) is 14.4. The van der Waals surface area contributed by atoms with E-state index in [9.17, 15) is 4.79 Å². The van der Waals surface area contributed by atoms with Crippen molar-refractivity contribution in [2.24, 2.45) is 0 Å². The molecule has 1 fully saturated rings. The fourth-order valence-electron chi connectivity index (χ4n) is 2.05. The van der Waals surface area contributed by atoms with E-state index in [-0.39, 0.29) is 11.8 Å². The number of nitrogens with one attached hydrogen (secondary N) is 1. The van der Waals surface area contributed by atoms with Crippen LogP contribution >= 0.6 is 0 Å². The lowest BCUT2D eigenvalue weighted by Gasteiger charge is -2.29. The van der Waals surface area contributed by atoms with E-state index in [1.54, 1.807) is 13.2 Å². The summed E-state index contributed by atoms with van der Waals surface area (Å²) >= 11 is 0. The molecule has 1 heterocycles. The highest BCUT2D eigenvalue weighted by Gasteiger charge is 2.24. The number of nitrogens with zero attached hydrogens (tertiary/aromatic N) is 1. The number of Topliss-reactive ketones (excluding diaryl/α,β-unsaturated/α-hetero) is 1. The molecule has 0 aliphatic carbocycles. The van der Waals surface area contributed by atoms with E-state index in [2.05, 4.69) is 10.2 Å². The van der Waals surface area contributed by atoms with Crippen molar-refractivity contribution in [2.45, 2.75) is 6.04 Å².